The lowest BCUT2D eigenvalue weighted by Gasteiger charge is -2.09. The Bertz CT molecular complexity index is 3160. The van der Waals surface area contributed by atoms with Crippen molar-refractivity contribution in [3.05, 3.63) is 152 Å². The highest BCUT2D eigenvalue weighted by atomic mass is 32.1. The smallest absolute Gasteiger partial charge is 0.167 e. The summed E-state index contributed by atoms with van der Waals surface area (Å²) in [6, 6.07) is 52.1. The molecule has 5 nitrogen and oxygen atoms in total. The zero-order valence-electron chi connectivity index (χ0n) is 27.0. The second-order valence-electron chi connectivity index (χ2n) is 12.7. The van der Waals surface area contributed by atoms with Crippen molar-refractivity contribution < 1.29 is 8.83 Å². The van der Waals surface area contributed by atoms with Crippen molar-refractivity contribution in [2.24, 2.45) is 0 Å². The molecule has 51 heavy (non-hydrogen) atoms. The van der Waals surface area contributed by atoms with E-state index in [1.54, 1.807) is 0 Å². The van der Waals surface area contributed by atoms with Crippen molar-refractivity contribution in [2.45, 2.75) is 0 Å². The normalized spacial score (nSPS) is 11.9. The monoisotopic (exact) mass is 671 g/mol. The fourth-order valence-corrected chi connectivity index (χ4v) is 8.54. The quantitative estimate of drug-likeness (QED) is 0.186. The highest BCUT2D eigenvalue weighted by Gasteiger charge is 2.21. The molecule has 0 aliphatic heterocycles. The van der Waals surface area contributed by atoms with E-state index in [2.05, 4.69) is 78.9 Å². The Balaban J connectivity index is 1.14. The molecule has 0 aliphatic carbocycles. The van der Waals surface area contributed by atoms with Crippen molar-refractivity contribution >= 4 is 75.4 Å². The van der Waals surface area contributed by atoms with Gasteiger partial charge in [0.15, 0.2) is 17.5 Å². The van der Waals surface area contributed by atoms with Gasteiger partial charge in [-0.15, -0.1) is 11.3 Å². The minimum atomic E-state index is 0.543. The van der Waals surface area contributed by atoms with Gasteiger partial charge in [-0.2, -0.15) is 0 Å². The molecule has 0 atom stereocenters. The number of thiophene rings is 1. The summed E-state index contributed by atoms with van der Waals surface area (Å²) < 4.78 is 15.6. The maximum absolute atomic E-state index is 6.74. The van der Waals surface area contributed by atoms with Crippen LogP contribution in [0.2, 0.25) is 0 Å². The molecule has 0 saturated carbocycles. The molecule has 0 aliphatic rings. The molecular weight excluding hydrogens is 647 g/mol. The number of aromatic nitrogens is 3. The fraction of sp³-hybridized carbons (Fsp3) is 0. The number of nitrogens with zero attached hydrogens (tertiary/aromatic N) is 3. The van der Waals surface area contributed by atoms with Gasteiger partial charge in [0.2, 0.25) is 0 Å². The van der Waals surface area contributed by atoms with E-state index in [9.17, 15) is 0 Å². The molecular formula is C45H25N3O2S. The summed E-state index contributed by atoms with van der Waals surface area (Å²) in [6.45, 7) is 0. The van der Waals surface area contributed by atoms with E-state index < -0.39 is 0 Å². The Morgan fingerprint density at radius 3 is 1.86 bits per heavy atom. The first-order chi connectivity index (χ1) is 25.3. The van der Waals surface area contributed by atoms with E-state index in [0.717, 1.165) is 71.7 Å². The number of rotatable bonds is 4. The predicted molar refractivity (Wildman–Crippen MR) is 209 cm³/mol. The van der Waals surface area contributed by atoms with Gasteiger partial charge < -0.3 is 8.83 Å². The van der Waals surface area contributed by atoms with Gasteiger partial charge in [-0.25, -0.2) is 15.0 Å². The summed E-state index contributed by atoms with van der Waals surface area (Å²) in [7, 11) is 0. The molecule has 0 radical (unpaired) electrons. The molecule has 0 amide bonds. The van der Waals surface area contributed by atoms with Gasteiger partial charge in [-0.1, -0.05) is 109 Å². The second-order valence-corrected chi connectivity index (χ2v) is 13.8. The van der Waals surface area contributed by atoms with Crippen LogP contribution in [0.25, 0.3) is 109 Å². The minimum Gasteiger partial charge on any atom is -0.456 e. The lowest BCUT2D eigenvalue weighted by atomic mass is 9.97. The number of fused-ring (bicyclic) bond motifs is 9. The maximum atomic E-state index is 6.74. The summed E-state index contributed by atoms with van der Waals surface area (Å²) in [5.74, 6) is 1.70. The number of benzene rings is 7. The standard InChI is InChI=1S/C45H25N3O2S/c1-2-11-26(12-3-1)43-46-44(32-17-10-20-36-41(32)30-14-4-6-19-35(30)49-36)48-45(47-43)33-18-8-16-31-40-28(15-9-21-37(40)50-42(31)33)27-23-24-39-34(25-27)29-13-5-7-22-38(29)51-39/h1-25H. The fourth-order valence-electron chi connectivity index (χ4n) is 7.45. The van der Waals surface area contributed by atoms with Crippen molar-refractivity contribution in [2.75, 3.05) is 0 Å². The number of hydrogen-bond donors (Lipinski definition) is 0. The Morgan fingerprint density at radius 2 is 0.980 bits per heavy atom. The first kappa shape index (κ1) is 28.2. The largest absolute Gasteiger partial charge is 0.456 e. The summed E-state index contributed by atoms with van der Waals surface area (Å²) >= 11 is 1.83. The molecule has 11 aromatic rings. The molecule has 0 spiro atoms. The minimum absolute atomic E-state index is 0.543. The van der Waals surface area contributed by atoms with E-state index in [1.807, 2.05) is 84.1 Å². The highest BCUT2D eigenvalue weighted by Crippen LogP contribution is 2.43. The third-order valence-electron chi connectivity index (χ3n) is 9.76. The van der Waals surface area contributed by atoms with Crippen LogP contribution < -0.4 is 0 Å². The zero-order chi connectivity index (χ0) is 33.5. The van der Waals surface area contributed by atoms with Gasteiger partial charge >= 0.3 is 0 Å². The molecule has 0 bridgehead atoms. The molecule has 0 fully saturated rings. The third-order valence-corrected chi connectivity index (χ3v) is 10.9. The van der Waals surface area contributed by atoms with Gasteiger partial charge in [0.05, 0.1) is 5.56 Å². The van der Waals surface area contributed by atoms with Gasteiger partial charge in [0, 0.05) is 52.8 Å². The van der Waals surface area contributed by atoms with Crippen molar-refractivity contribution in [1.29, 1.82) is 0 Å². The molecule has 0 N–H and O–H groups in total. The average molecular weight is 672 g/mol. The lowest BCUT2D eigenvalue weighted by molar-refractivity contribution is 0.668. The van der Waals surface area contributed by atoms with Crippen LogP contribution in [0.5, 0.6) is 0 Å². The van der Waals surface area contributed by atoms with Crippen LogP contribution in [-0.4, -0.2) is 15.0 Å². The Labute approximate surface area is 295 Å². The van der Waals surface area contributed by atoms with Crippen LogP contribution in [0.3, 0.4) is 0 Å². The topological polar surface area (TPSA) is 65.0 Å². The first-order valence-corrected chi connectivity index (χ1v) is 17.7. The molecule has 4 heterocycles. The zero-order valence-corrected chi connectivity index (χ0v) is 27.8. The Hall–Kier alpha value is -6.63. The van der Waals surface area contributed by atoms with E-state index in [-0.39, 0.29) is 0 Å². The van der Waals surface area contributed by atoms with Gasteiger partial charge in [0.1, 0.15) is 22.3 Å². The molecule has 0 saturated heterocycles. The van der Waals surface area contributed by atoms with E-state index in [4.69, 9.17) is 23.8 Å². The average Bonchev–Trinajstić information content (AvgIpc) is 3.89. The van der Waals surface area contributed by atoms with Crippen LogP contribution in [0, 0.1) is 0 Å². The van der Waals surface area contributed by atoms with Crippen molar-refractivity contribution in [3.8, 4) is 45.3 Å². The summed E-state index contributed by atoms with van der Waals surface area (Å²) in [4.78, 5) is 15.3. The summed E-state index contributed by atoms with van der Waals surface area (Å²) in [6.07, 6.45) is 0. The van der Waals surface area contributed by atoms with Crippen LogP contribution in [0.15, 0.2) is 160 Å². The molecule has 238 valence electrons. The Kier molecular flexibility index (Phi) is 6.05. The van der Waals surface area contributed by atoms with Crippen molar-refractivity contribution in [3.63, 3.8) is 0 Å². The van der Waals surface area contributed by atoms with Gasteiger partial charge in [0.25, 0.3) is 0 Å². The molecule has 11 rings (SSSR count). The summed E-state index contributed by atoms with van der Waals surface area (Å²) in [5, 5.41) is 6.63. The second kappa shape index (κ2) is 10.9. The van der Waals surface area contributed by atoms with Crippen LogP contribution in [0.1, 0.15) is 0 Å². The number of hydrogen-bond acceptors (Lipinski definition) is 6. The van der Waals surface area contributed by atoms with E-state index in [1.165, 1.54) is 20.2 Å². The van der Waals surface area contributed by atoms with Crippen molar-refractivity contribution in [1.82, 2.24) is 15.0 Å². The molecule has 7 aromatic carbocycles. The molecule has 4 aromatic heterocycles. The van der Waals surface area contributed by atoms with Gasteiger partial charge in [-0.3, -0.25) is 0 Å². The number of para-hydroxylation sites is 2. The van der Waals surface area contributed by atoms with Gasteiger partial charge in [-0.05, 0) is 53.6 Å². The highest BCUT2D eigenvalue weighted by molar-refractivity contribution is 7.25. The third kappa shape index (κ3) is 4.37. The molecule has 0 unspecified atom stereocenters. The predicted octanol–water partition coefficient (Wildman–Crippen LogP) is 12.7. The Morgan fingerprint density at radius 1 is 0.373 bits per heavy atom. The van der Waals surface area contributed by atoms with Crippen LogP contribution in [0.4, 0.5) is 0 Å². The first-order valence-electron chi connectivity index (χ1n) is 16.9. The lowest BCUT2D eigenvalue weighted by Crippen LogP contribution is -2.00. The van der Waals surface area contributed by atoms with E-state index >= 15 is 0 Å². The number of furan rings is 2. The maximum Gasteiger partial charge on any atom is 0.167 e. The summed E-state index contributed by atoms with van der Waals surface area (Å²) in [5.41, 5.74) is 8.04. The van der Waals surface area contributed by atoms with Crippen LogP contribution >= 0.6 is 11.3 Å². The van der Waals surface area contributed by atoms with E-state index in [0.29, 0.717) is 17.5 Å². The van der Waals surface area contributed by atoms with Crippen LogP contribution in [-0.2, 0) is 0 Å². The SMILES string of the molecule is c1ccc(-c2nc(-c3cccc4c3oc3cccc(-c5ccc6sc7ccccc7c6c5)c34)nc(-c3cccc4oc5ccccc5c34)n2)cc1. The molecule has 6 heteroatoms.